The summed E-state index contributed by atoms with van der Waals surface area (Å²) in [6.07, 6.45) is 6.40. The molecule has 0 saturated heterocycles. The predicted molar refractivity (Wildman–Crippen MR) is 79.1 cm³/mol. The number of carbonyl (C=O) groups excluding carboxylic acids is 1. The van der Waals surface area contributed by atoms with Gasteiger partial charge in [-0.25, -0.2) is 0 Å². The molecule has 1 fully saturated rings. The first-order valence-electron chi connectivity index (χ1n) is 6.12. The zero-order valence-electron chi connectivity index (χ0n) is 10.5. The predicted octanol–water partition coefficient (Wildman–Crippen LogP) is 3.19. The van der Waals surface area contributed by atoms with Crippen LogP contribution in [0.1, 0.15) is 36.0 Å². The van der Waals surface area contributed by atoms with Crippen molar-refractivity contribution in [3.8, 4) is 0 Å². The van der Waals surface area contributed by atoms with Crippen LogP contribution < -0.4 is 5.32 Å². The number of hydrogen-bond acceptors (Lipinski definition) is 4. The SMILES string of the molecule is CSC1CCC(NC(=O)c2cc(Cl)nnc2Cl)CC1. The van der Waals surface area contributed by atoms with Gasteiger partial charge in [-0.2, -0.15) is 11.8 Å². The monoisotopic (exact) mass is 319 g/mol. The van der Waals surface area contributed by atoms with Crippen LogP contribution >= 0.6 is 35.0 Å². The number of halogens is 2. The van der Waals surface area contributed by atoms with Gasteiger partial charge in [0.25, 0.3) is 5.91 Å². The molecule has 0 aliphatic heterocycles. The number of nitrogens with one attached hydrogen (secondary N) is 1. The molecule has 0 unspecified atom stereocenters. The first kappa shape index (κ1) is 14.9. The van der Waals surface area contributed by atoms with Crippen LogP contribution in [0.25, 0.3) is 0 Å². The molecule has 1 aromatic rings. The lowest BCUT2D eigenvalue weighted by Gasteiger charge is -2.28. The Bertz CT molecular complexity index is 464. The normalized spacial score (nSPS) is 23.1. The lowest BCUT2D eigenvalue weighted by molar-refractivity contribution is 0.0927. The van der Waals surface area contributed by atoms with Gasteiger partial charge in [-0.15, -0.1) is 10.2 Å². The summed E-state index contributed by atoms with van der Waals surface area (Å²) in [6.45, 7) is 0. The van der Waals surface area contributed by atoms with Crippen LogP contribution in [0.15, 0.2) is 6.07 Å². The minimum Gasteiger partial charge on any atom is -0.349 e. The van der Waals surface area contributed by atoms with Gasteiger partial charge in [0.05, 0.1) is 5.56 Å². The van der Waals surface area contributed by atoms with Gasteiger partial charge in [-0.05, 0) is 38.0 Å². The van der Waals surface area contributed by atoms with Gasteiger partial charge in [-0.1, -0.05) is 23.2 Å². The molecule has 4 nitrogen and oxygen atoms in total. The van der Waals surface area contributed by atoms with Crippen molar-refractivity contribution in [2.24, 2.45) is 0 Å². The Hall–Kier alpha value is -0.520. The second-order valence-electron chi connectivity index (χ2n) is 4.55. The standard InChI is InChI=1S/C12H15Cl2N3OS/c1-19-8-4-2-7(3-5-8)15-12(18)9-6-10(13)16-17-11(9)14/h6-8H,2-5H2,1H3,(H,15,18). The van der Waals surface area contributed by atoms with Crippen molar-refractivity contribution < 1.29 is 4.79 Å². The van der Waals surface area contributed by atoms with E-state index >= 15 is 0 Å². The Morgan fingerprint density at radius 1 is 1.32 bits per heavy atom. The number of nitrogens with zero attached hydrogens (tertiary/aromatic N) is 2. The van der Waals surface area contributed by atoms with Gasteiger partial charge >= 0.3 is 0 Å². The second kappa shape index (κ2) is 6.77. The van der Waals surface area contributed by atoms with E-state index in [9.17, 15) is 4.79 Å². The molecule has 0 spiro atoms. The van der Waals surface area contributed by atoms with Crippen molar-refractivity contribution in [1.82, 2.24) is 15.5 Å². The zero-order valence-corrected chi connectivity index (χ0v) is 12.9. The zero-order chi connectivity index (χ0) is 13.8. The fourth-order valence-electron chi connectivity index (χ4n) is 2.22. The Morgan fingerprint density at radius 2 is 2.00 bits per heavy atom. The van der Waals surface area contributed by atoms with E-state index < -0.39 is 0 Å². The Morgan fingerprint density at radius 3 is 2.63 bits per heavy atom. The van der Waals surface area contributed by atoms with Gasteiger partial charge < -0.3 is 5.32 Å². The van der Waals surface area contributed by atoms with Crippen LogP contribution in [0.2, 0.25) is 10.3 Å². The molecule has 1 N–H and O–H groups in total. The smallest absolute Gasteiger partial charge is 0.254 e. The third-order valence-corrected chi connectivity index (χ3v) is 4.91. The van der Waals surface area contributed by atoms with Gasteiger partial charge in [0.1, 0.15) is 0 Å². The van der Waals surface area contributed by atoms with Crippen LogP contribution in [-0.4, -0.2) is 33.7 Å². The number of rotatable bonds is 3. The molecule has 0 atom stereocenters. The molecule has 1 aliphatic carbocycles. The quantitative estimate of drug-likeness (QED) is 0.929. The highest BCUT2D eigenvalue weighted by molar-refractivity contribution is 7.99. The van der Waals surface area contributed by atoms with Gasteiger partial charge in [-0.3, -0.25) is 4.79 Å². The Labute approximate surface area is 126 Å². The van der Waals surface area contributed by atoms with E-state index in [2.05, 4.69) is 21.8 Å². The topological polar surface area (TPSA) is 54.9 Å². The molecular formula is C12H15Cl2N3OS. The van der Waals surface area contributed by atoms with Crippen molar-refractivity contribution in [1.29, 1.82) is 0 Å². The number of carbonyl (C=O) groups is 1. The lowest BCUT2D eigenvalue weighted by atomic mass is 9.95. The molecule has 1 saturated carbocycles. The van der Waals surface area contributed by atoms with E-state index in [1.54, 1.807) is 0 Å². The number of thioether (sulfide) groups is 1. The van der Waals surface area contributed by atoms with Gasteiger partial charge in [0.15, 0.2) is 10.3 Å². The molecule has 0 radical (unpaired) electrons. The van der Waals surface area contributed by atoms with E-state index in [1.807, 2.05) is 11.8 Å². The van der Waals surface area contributed by atoms with Crippen molar-refractivity contribution in [2.75, 3.05) is 6.26 Å². The van der Waals surface area contributed by atoms with Gasteiger partial charge in [0, 0.05) is 11.3 Å². The van der Waals surface area contributed by atoms with Crippen molar-refractivity contribution in [2.45, 2.75) is 37.0 Å². The minimum absolute atomic E-state index is 0.0831. The summed E-state index contributed by atoms with van der Waals surface area (Å²) in [4.78, 5) is 12.1. The minimum atomic E-state index is -0.227. The second-order valence-corrected chi connectivity index (χ2v) is 6.44. The van der Waals surface area contributed by atoms with Crippen LogP contribution in [0.5, 0.6) is 0 Å². The van der Waals surface area contributed by atoms with E-state index in [0.29, 0.717) is 5.25 Å². The van der Waals surface area contributed by atoms with Crippen molar-refractivity contribution in [3.05, 3.63) is 21.9 Å². The highest BCUT2D eigenvalue weighted by atomic mass is 35.5. The molecule has 19 heavy (non-hydrogen) atoms. The number of hydrogen-bond donors (Lipinski definition) is 1. The number of aromatic nitrogens is 2. The molecule has 1 heterocycles. The molecule has 7 heteroatoms. The van der Waals surface area contributed by atoms with E-state index in [4.69, 9.17) is 23.2 Å². The number of amides is 1. The van der Waals surface area contributed by atoms with Crippen LogP contribution in [-0.2, 0) is 0 Å². The van der Waals surface area contributed by atoms with E-state index in [0.717, 1.165) is 25.7 Å². The van der Waals surface area contributed by atoms with Crippen molar-refractivity contribution >= 4 is 40.9 Å². The molecule has 1 aliphatic rings. The molecule has 0 aromatic carbocycles. The van der Waals surface area contributed by atoms with Crippen molar-refractivity contribution in [3.63, 3.8) is 0 Å². The summed E-state index contributed by atoms with van der Waals surface area (Å²) in [5, 5.41) is 11.2. The van der Waals surface area contributed by atoms with Crippen LogP contribution in [0.3, 0.4) is 0 Å². The molecule has 104 valence electrons. The summed E-state index contributed by atoms with van der Waals surface area (Å²) < 4.78 is 0. The van der Waals surface area contributed by atoms with Crippen LogP contribution in [0.4, 0.5) is 0 Å². The first-order valence-corrected chi connectivity index (χ1v) is 8.17. The third-order valence-electron chi connectivity index (χ3n) is 3.31. The molecular weight excluding hydrogens is 305 g/mol. The highest BCUT2D eigenvalue weighted by Gasteiger charge is 2.23. The fraction of sp³-hybridized carbons (Fsp3) is 0.583. The average Bonchev–Trinajstić information content (AvgIpc) is 2.42. The largest absolute Gasteiger partial charge is 0.349 e. The summed E-state index contributed by atoms with van der Waals surface area (Å²) >= 11 is 13.5. The Balaban J connectivity index is 1.96. The molecule has 2 rings (SSSR count). The average molecular weight is 320 g/mol. The summed E-state index contributed by atoms with van der Waals surface area (Å²) in [5.74, 6) is -0.227. The summed E-state index contributed by atoms with van der Waals surface area (Å²) in [7, 11) is 0. The summed E-state index contributed by atoms with van der Waals surface area (Å²) in [5.41, 5.74) is 0.286. The molecule has 1 aromatic heterocycles. The van der Waals surface area contributed by atoms with Crippen LogP contribution in [0, 0.1) is 0 Å². The van der Waals surface area contributed by atoms with E-state index in [1.165, 1.54) is 6.07 Å². The maximum Gasteiger partial charge on any atom is 0.254 e. The lowest BCUT2D eigenvalue weighted by Crippen LogP contribution is -2.38. The van der Waals surface area contributed by atoms with E-state index in [-0.39, 0.29) is 27.8 Å². The van der Waals surface area contributed by atoms with Gasteiger partial charge in [0.2, 0.25) is 0 Å². The Kier molecular flexibility index (Phi) is 5.30. The first-order chi connectivity index (χ1) is 9.10. The molecule has 0 bridgehead atoms. The molecule has 1 amide bonds. The fourth-order valence-corrected chi connectivity index (χ4v) is 3.29. The maximum atomic E-state index is 12.1. The third kappa shape index (κ3) is 3.97. The maximum absolute atomic E-state index is 12.1. The highest BCUT2D eigenvalue weighted by Crippen LogP contribution is 2.27. The summed E-state index contributed by atoms with van der Waals surface area (Å²) in [6, 6.07) is 1.65.